The summed E-state index contributed by atoms with van der Waals surface area (Å²) in [5.74, 6) is 0.222. The molecule has 0 aliphatic carbocycles. The van der Waals surface area contributed by atoms with E-state index in [1.54, 1.807) is 18.2 Å². The third-order valence-corrected chi connectivity index (χ3v) is 3.85. The fourth-order valence-corrected chi connectivity index (χ4v) is 2.76. The maximum absolute atomic E-state index is 11.2. The van der Waals surface area contributed by atoms with E-state index in [2.05, 4.69) is 10.2 Å². The molecule has 1 aromatic heterocycles. The molecule has 0 saturated carbocycles. The maximum atomic E-state index is 11.2. The Balaban J connectivity index is 1.92. The van der Waals surface area contributed by atoms with Crippen LogP contribution in [0, 0.1) is 0 Å². The molecule has 110 valence electrons. The number of rotatable bonds is 2. The summed E-state index contributed by atoms with van der Waals surface area (Å²) < 4.78 is 10.6. The van der Waals surface area contributed by atoms with Gasteiger partial charge >= 0.3 is 5.97 Å². The van der Waals surface area contributed by atoms with Crippen LogP contribution in [-0.2, 0) is 0 Å². The van der Waals surface area contributed by atoms with Gasteiger partial charge < -0.3 is 14.6 Å². The number of carbonyl (C=O) groups is 1. The summed E-state index contributed by atoms with van der Waals surface area (Å²) in [7, 11) is 0. The van der Waals surface area contributed by atoms with Crippen molar-refractivity contribution in [3.63, 3.8) is 0 Å². The molecule has 0 radical (unpaired) electrons. The lowest BCUT2D eigenvalue weighted by atomic mass is 10.0. The van der Waals surface area contributed by atoms with E-state index in [4.69, 9.17) is 21.1 Å². The molecule has 0 fully saturated rings. The number of nitrogens with zero attached hydrogens (tertiary/aromatic N) is 1. The molecule has 4 rings (SSSR count). The number of hydrogen-bond donors (Lipinski definition) is 2. The van der Waals surface area contributed by atoms with Gasteiger partial charge in [-0.25, -0.2) is 4.79 Å². The summed E-state index contributed by atoms with van der Waals surface area (Å²) in [6.45, 7) is 0.191. The summed E-state index contributed by atoms with van der Waals surface area (Å²) in [5, 5.41) is 16.6. The third kappa shape index (κ3) is 1.88. The third-order valence-electron chi connectivity index (χ3n) is 3.54. The van der Waals surface area contributed by atoms with Gasteiger partial charge in [-0.2, -0.15) is 5.10 Å². The first-order valence-corrected chi connectivity index (χ1v) is 6.82. The number of aromatic amines is 1. The van der Waals surface area contributed by atoms with Gasteiger partial charge in [-0.15, -0.1) is 0 Å². The molecule has 7 heteroatoms. The SMILES string of the molecule is O=C(O)c1n[nH]c2cc(Cl)c(-c3ccc4c(c3)OCO4)cc12. The molecule has 2 heterocycles. The highest BCUT2D eigenvalue weighted by atomic mass is 35.5. The lowest BCUT2D eigenvalue weighted by molar-refractivity contribution is 0.0692. The molecule has 1 aliphatic heterocycles. The van der Waals surface area contributed by atoms with Gasteiger partial charge in [0, 0.05) is 10.9 Å². The summed E-state index contributed by atoms with van der Waals surface area (Å²) >= 11 is 6.31. The number of nitrogens with one attached hydrogen (secondary N) is 1. The van der Waals surface area contributed by atoms with Gasteiger partial charge in [0.15, 0.2) is 17.2 Å². The van der Waals surface area contributed by atoms with Crippen LogP contribution in [0.5, 0.6) is 11.5 Å². The fourth-order valence-electron chi connectivity index (χ4n) is 2.49. The number of hydrogen-bond acceptors (Lipinski definition) is 4. The normalized spacial score (nSPS) is 12.8. The summed E-state index contributed by atoms with van der Waals surface area (Å²) in [5.41, 5.74) is 2.06. The van der Waals surface area contributed by atoms with Crippen LogP contribution in [0.4, 0.5) is 0 Å². The Morgan fingerprint density at radius 3 is 2.86 bits per heavy atom. The summed E-state index contributed by atoms with van der Waals surface area (Å²) in [4.78, 5) is 11.2. The van der Waals surface area contributed by atoms with Gasteiger partial charge in [0.2, 0.25) is 6.79 Å². The Morgan fingerprint density at radius 1 is 1.23 bits per heavy atom. The van der Waals surface area contributed by atoms with Crippen LogP contribution in [0.1, 0.15) is 10.5 Å². The standard InChI is InChI=1S/C15H9ClN2O4/c16-10-5-11-9(14(15(19)20)18-17-11)4-8(10)7-1-2-12-13(3-7)22-6-21-12/h1-5H,6H2,(H,17,18)(H,19,20). The lowest BCUT2D eigenvalue weighted by Gasteiger charge is -2.06. The van der Waals surface area contributed by atoms with Gasteiger partial charge in [0.25, 0.3) is 0 Å². The van der Waals surface area contributed by atoms with Crippen molar-refractivity contribution in [2.45, 2.75) is 0 Å². The Morgan fingerprint density at radius 2 is 2.05 bits per heavy atom. The number of ether oxygens (including phenoxy) is 2. The Labute approximate surface area is 129 Å². The molecule has 1 aliphatic rings. The monoisotopic (exact) mass is 316 g/mol. The number of H-pyrrole nitrogens is 1. The predicted molar refractivity (Wildman–Crippen MR) is 79.6 cm³/mol. The second kappa shape index (κ2) is 4.64. The fraction of sp³-hybridized carbons (Fsp3) is 0.0667. The molecule has 2 aromatic carbocycles. The van der Waals surface area contributed by atoms with E-state index in [1.807, 2.05) is 12.1 Å². The zero-order valence-electron chi connectivity index (χ0n) is 11.1. The molecule has 0 spiro atoms. The predicted octanol–water partition coefficient (Wildman–Crippen LogP) is 3.31. The van der Waals surface area contributed by atoms with Crippen molar-refractivity contribution >= 4 is 28.5 Å². The van der Waals surface area contributed by atoms with Gasteiger partial charge in [-0.3, -0.25) is 5.10 Å². The highest BCUT2D eigenvalue weighted by Gasteiger charge is 2.18. The second-order valence-corrected chi connectivity index (χ2v) is 5.23. The largest absolute Gasteiger partial charge is 0.476 e. The van der Waals surface area contributed by atoms with E-state index >= 15 is 0 Å². The van der Waals surface area contributed by atoms with Crippen molar-refractivity contribution < 1.29 is 19.4 Å². The molecule has 6 nitrogen and oxygen atoms in total. The molecule has 3 aromatic rings. The van der Waals surface area contributed by atoms with E-state index < -0.39 is 5.97 Å². The first-order valence-electron chi connectivity index (χ1n) is 6.44. The number of halogens is 1. The van der Waals surface area contributed by atoms with Crippen molar-refractivity contribution in [2.75, 3.05) is 6.79 Å². The smallest absolute Gasteiger partial charge is 0.357 e. The van der Waals surface area contributed by atoms with E-state index in [-0.39, 0.29) is 12.5 Å². The Hall–Kier alpha value is -2.73. The van der Waals surface area contributed by atoms with Crippen LogP contribution in [-0.4, -0.2) is 28.1 Å². The number of aromatic carboxylic acids is 1. The van der Waals surface area contributed by atoms with Crippen LogP contribution < -0.4 is 9.47 Å². The van der Waals surface area contributed by atoms with Crippen LogP contribution in [0.25, 0.3) is 22.0 Å². The van der Waals surface area contributed by atoms with Crippen LogP contribution in [0.15, 0.2) is 30.3 Å². The highest BCUT2D eigenvalue weighted by molar-refractivity contribution is 6.34. The van der Waals surface area contributed by atoms with Gasteiger partial charge in [0.05, 0.1) is 10.5 Å². The number of carboxylic acids is 1. The Bertz CT molecular complexity index is 919. The highest BCUT2D eigenvalue weighted by Crippen LogP contribution is 2.39. The first-order chi connectivity index (χ1) is 10.6. The zero-order valence-corrected chi connectivity index (χ0v) is 11.8. The molecular weight excluding hydrogens is 308 g/mol. The topological polar surface area (TPSA) is 84.4 Å². The molecule has 0 atom stereocenters. The molecule has 0 unspecified atom stereocenters. The minimum Gasteiger partial charge on any atom is -0.476 e. The number of benzene rings is 2. The minimum atomic E-state index is -1.09. The van der Waals surface area contributed by atoms with Crippen molar-refractivity contribution in [1.82, 2.24) is 10.2 Å². The summed E-state index contributed by atoms with van der Waals surface area (Å²) in [6.07, 6.45) is 0. The quantitative estimate of drug-likeness (QED) is 0.757. The molecule has 2 N–H and O–H groups in total. The zero-order chi connectivity index (χ0) is 15.3. The van der Waals surface area contributed by atoms with E-state index in [9.17, 15) is 9.90 Å². The van der Waals surface area contributed by atoms with Crippen LogP contribution in [0.3, 0.4) is 0 Å². The molecule has 22 heavy (non-hydrogen) atoms. The van der Waals surface area contributed by atoms with Crippen molar-refractivity contribution in [1.29, 1.82) is 0 Å². The average Bonchev–Trinajstić information content (AvgIpc) is 3.11. The molecule has 0 amide bonds. The van der Waals surface area contributed by atoms with E-state index in [0.29, 0.717) is 33.0 Å². The van der Waals surface area contributed by atoms with Gasteiger partial charge in [-0.05, 0) is 29.8 Å². The molecular formula is C15H9ClN2O4. The van der Waals surface area contributed by atoms with Crippen molar-refractivity contribution in [2.24, 2.45) is 0 Å². The molecule has 0 saturated heterocycles. The van der Waals surface area contributed by atoms with Gasteiger partial charge in [0.1, 0.15) is 0 Å². The second-order valence-electron chi connectivity index (χ2n) is 4.82. The Kier molecular flexibility index (Phi) is 2.74. The minimum absolute atomic E-state index is 0.0336. The maximum Gasteiger partial charge on any atom is 0.357 e. The van der Waals surface area contributed by atoms with Crippen LogP contribution in [0.2, 0.25) is 5.02 Å². The lowest BCUT2D eigenvalue weighted by Crippen LogP contribution is -1.96. The number of fused-ring (bicyclic) bond motifs is 2. The summed E-state index contributed by atoms with van der Waals surface area (Å²) in [6, 6.07) is 8.83. The van der Waals surface area contributed by atoms with Crippen molar-refractivity contribution in [3.05, 3.63) is 41.0 Å². The first kappa shape index (κ1) is 13.0. The average molecular weight is 317 g/mol. The van der Waals surface area contributed by atoms with E-state index in [1.165, 1.54) is 0 Å². The van der Waals surface area contributed by atoms with Gasteiger partial charge in [-0.1, -0.05) is 17.7 Å². The molecule has 0 bridgehead atoms. The van der Waals surface area contributed by atoms with Crippen molar-refractivity contribution in [3.8, 4) is 22.6 Å². The number of aromatic nitrogens is 2. The number of carboxylic acid groups (broad SMARTS) is 1. The van der Waals surface area contributed by atoms with E-state index in [0.717, 1.165) is 5.56 Å². The van der Waals surface area contributed by atoms with Crippen LogP contribution >= 0.6 is 11.6 Å².